The first-order chi connectivity index (χ1) is 18.7. The summed E-state index contributed by atoms with van der Waals surface area (Å²) in [5.41, 5.74) is 3.77. The van der Waals surface area contributed by atoms with E-state index in [4.69, 9.17) is 9.47 Å². The molecule has 1 aromatic carbocycles. The maximum absolute atomic E-state index is 13.0. The summed E-state index contributed by atoms with van der Waals surface area (Å²) in [6, 6.07) is 5.96. The number of amides is 1. The molecule has 1 atom stereocenters. The van der Waals surface area contributed by atoms with Crippen LogP contribution in [0.2, 0.25) is 0 Å². The lowest BCUT2D eigenvalue weighted by atomic mass is 9.95. The van der Waals surface area contributed by atoms with E-state index in [1.54, 1.807) is 6.08 Å². The number of hydrogen-bond donors (Lipinski definition) is 1. The van der Waals surface area contributed by atoms with E-state index in [0.29, 0.717) is 28.1 Å². The molecule has 2 aromatic heterocycles. The molecule has 0 saturated carbocycles. The average molecular weight is 569 g/mol. The van der Waals surface area contributed by atoms with Gasteiger partial charge in [0, 0.05) is 11.4 Å². The molecule has 1 aliphatic rings. The van der Waals surface area contributed by atoms with Crippen LogP contribution in [0.25, 0.3) is 0 Å². The number of allylic oxidation sites excluding steroid dienone is 1. The van der Waals surface area contributed by atoms with Gasteiger partial charge in [-0.1, -0.05) is 30.0 Å². The lowest BCUT2D eigenvalue weighted by Gasteiger charge is -2.18. The summed E-state index contributed by atoms with van der Waals surface area (Å²) >= 11 is 2.77. The van der Waals surface area contributed by atoms with E-state index in [-0.39, 0.29) is 29.8 Å². The Morgan fingerprint density at radius 3 is 2.72 bits per heavy atom. The van der Waals surface area contributed by atoms with Crippen LogP contribution in [0.15, 0.2) is 36.0 Å². The van der Waals surface area contributed by atoms with Crippen molar-refractivity contribution in [1.29, 1.82) is 0 Å². The third-order valence-electron chi connectivity index (χ3n) is 6.58. The topological polar surface area (TPSA) is 95.3 Å². The van der Waals surface area contributed by atoms with Gasteiger partial charge in [0.05, 0.1) is 17.4 Å². The lowest BCUT2D eigenvalue weighted by molar-refractivity contribution is -0.113. The number of esters is 1. The first kappa shape index (κ1) is 28.9. The molecule has 0 spiro atoms. The zero-order valence-electron chi connectivity index (χ0n) is 23.2. The van der Waals surface area contributed by atoms with Crippen LogP contribution in [-0.4, -0.2) is 38.5 Å². The van der Waals surface area contributed by atoms with Crippen LogP contribution in [-0.2, 0) is 28.9 Å². The fourth-order valence-electron chi connectivity index (χ4n) is 4.54. The zero-order chi connectivity index (χ0) is 28.1. The standard InChI is InChI=1S/C29H36N4O4S2/c1-7-15-33-26(20(6)37-22-13-10-11-18(4)19(22)5)31-32-29(33)38-16-24(34)30-27-25(28(35)36-17(2)3)21-12-8-9-14-23(21)39-27/h7,10-11,13,17,20H,1,8-9,12,14-16H2,2-6H3,(H,30,34). The largest absolute Gasteiger partial charge is 0.482 e. The molecule has 0 bridgehead atoms. The first-order valence-electron chi connectivity index (χ1n) is 13.2. The molecule has 0 radical (unpaired) electrons. The highest BCUT2D eigenvalue weighted by molar-refractivity contribution is 7.99. The monoisotopic (exact) mass is 568 g/mol. The van der Waals surface area contributed by atoms with Crippen LogP contribution in [0.1, 0.15) is 77.5 Å². The second-order valence-corrected chi connectivity index (χ2v) is 12.0. The average Bonchev–Trinajstić information content (AvgIpc) is 3.46. The van der Waals surface area contributed by atoms with Gasteiger partial charge in [0.1, 0.15) is 10.8 Å². The van der Waals surface area contributed by atoms with Gasteiger partial charge < -0.3 is 14.8 Å². The fraction of sp³-hybridized carbons (Fsp3) is 0.448. The molecule has 1 N–H and O–H groups in total. The lowest BCUT2D eigenvalue weighted by Crippen LogP contribution is -2.19. The molecule has 0 fully saturated rings. The van der Waals surface area contributed by atoms with Gasteiger partial charge in [-0.3, -0.25) is 9.36 Å². The SMILES string of the molecule is C=CCn1c(SCC(=O)Nc2sc3c(c2C(=O)OC(C)C)CCCC3)nnc1C(C)Oc1cccc(C)c1C. The van der Waals surface area contributed by atoms with Crippen LogP contribution < -0.4 is 10.1 Å². The molecule has 208 valence electrons. The van der Waals surface area contributed by atoms with Gasteiger partial charge in [0.25, 0.3) is 0 Å². The van der Waals surface area contributed by atoms with Crippen molar-refractivity contribution in [2.75, 3.05) is 11.1 Å². The maximum atomic E-state index is 13.0. The number of rotatable bonds is 11. The first-order valence-corrected chi connectivity index (χ1v) is 15.0. The van der Waals surface area contributed by atoms with E-state index in [1.807, 2.05) is 44.4 Å². The molecule has 1 amide bonds. The summed E-state index contributed by atoms with van der Waals surface area (Å²) in [6.07, 6.45) is 5.04. The van der Waals surface area contributed by atoms with Crippen molar-refractivity contribution in [2.24, 2.45) is 0 Å². The van der Waals surface area contributed by atoms with Gasteiger partial charge in [-0.15, -0.1) is 28.1 Å². The number of ether oxygens (including phenoxy) is 2. The Kier molecular flexibility index (Phi) is 9.50. The molecule has 0 saturated heterocycles. The van der Waals surface area contributed by atoms with Crippen LogP contribution in [0, 0.1) is 13.8 Å². The van der Waals surface area contributed by atoms with Crippen LogP contribution >= 0.6 is 23.1 Å². The summed E-state index contributed by atoms with van der Waals surface area (Å²) in [7, 11) is 0. The number of benzene rings is 1. The minimum atomic E-state index is -0.374. The predicted octanol–water partition coefficient (Wildman–Crippen LogP) is 6.46. The van der Waals surface area contributed by atoms with Crippen molar-refractivity contribution >= 4 is 40.0 Å². The summed E-state index contributed by atoms with van der Waals surface area (Å²) in [5, 5.41) is 12.9. The van der Waals surface area contributed by atoms with Crippen LogP contribution in [0.3, 0.4) is 0 Å². The van der Waals surface area contributed by atoms with Crippen LogP contribution in [0.4, 0.5) is 5.00 Å². The Morgan fingerprint density at radius 1 is 1.21 bits per heavy atom. The molecule has 8 nitrogen and oxygen atoms in total. The van der Waals surface area contributed by atoms with Gasteiger partial charge in [-0.25, -0.2) is 4.79 Å². The van der Waals surface area contributed by atoms with E-state index < -0.39 is 0 Å². The molecule has 39 heavy (non-hydrogen) atoms. The van der Waals surface area contributed by atoms with Gasteiger partial charge in [-0.2, -0.15) is 0 Å². The summed E-state index contributed by atoms with van der Waals surface area (Å²) < 4.78 is 13.6. The van der Waals surface area contributed by atoms with Crippen molar-refractivity contribution in [3.63, 3.8) is 0 Å². The molecule has 1 unspecified atom stereocenters. The van der Waals surface area contributed by atoms with Gasteiger partial charge in [-0.05, 0) is 83.1 Å². The van der Waals surface area contributed by atoms with Crippen LogP contribution in [0.5, 0.6) is 5.75 Å². The normalized spacial score (nSPS) is 13.6. The Balaban J connectivity index is 1.47. The third kappa shape index (κ3) is 6.73. The second-order valence-electron chi connectivity index (χ2n) is 9.90. The van der Waals surface area contributed by atoms with Gasteiger partial charge >= 0.3 is 5.97 Å². The van der Waals surface area contributed by atoms with E-state index in [2.05, 4.69) is 35.1 Å². The van der Waals surface area contributed by atoms with Crippen molar-refractivity contribution in [1.82, 2.24) is 14.8 Å². The highest BCUT2D eigenvalue weighted by Crippen LogP contribution is 2.39. The van der Waals surface area contributed by atoms with E-state index in [1.165, 1.54) is 23.1 Å². The van der Waals surface area contributed by atoms with Crippen molar-refractivity contribution in [3.8, 4) is 5.75 Å². The molecule has 3 aromatic rings. The smallest absolute Gasteiger partial charge is 0.341 e. The fourth-order valence-corrected chi connectivity index (χ4v) is 6.59. The molecule has 0 aliphatic heterocycles. The number of aromatic nitrogens is 3. The number of carbonyl (C=O) groups excluding carboxylic acids is 2. The number of nitrogens with zero attached hydrogens (tertiary/aromatic N) is 3. The number of nitrogens with one attached hydrogen (secondary N) is 1. The highest BCUT2D eigenvalue weighted by atomic mass is 32.2. The summed E-state index contributed by atoms with van der Waals surface area (Å²) in [6.45, 7) is 14.0. The molecular formula is C29H36N4O4S2. The number of hydrogen-bond acceptors (Lipinski definition) is 8. The number of anilines is 1. The Hall–Kier alpha value is -3.11. The maximum Gasteiger partial charge on any atom is 0.341 e. The molecule has 4 rings (SSSR count). The van der Waals surface area contributed by atoms with Gasteiger partial charge in [0.2, 0.25) is 5.91 Å². The Labute approximate surface area is 238 Å². The molecule has 10 heteroatoms. The van der Waals surface area contributed by atoms with E-state index >= 15 is 0 Å². The second kappa shape index (κ2) is 12.8. The summed E-state index contributed by atoms with van der Waals surface area (Å²) in [5.74, 6) is 0.980. The Morgan fingerprint density at radius 2 is 1.97 bits per heavy atom. The number of aryl methyl sites for hydroxylation is 2. The Bertz CT molecular complexity index is 1360. The minimum absolute atomic E-state index is 0.114. The zero-order valence-corrected chi connectivity index (χ0v) is 24.8. The number of thioether (sulfide) groups is 1. The molecular weight excluding hydrogens is 532 g/mol. The number of fused-ring (bicyclic) bond motifs is 1. The predicted molar refractivity (Wildman–Crippen MR) is 156 cm³/mol. The quantitative estimate of drug-likeness (QED) is 0.161. The van der Waals surface area contributed by atoms with E-state index in [0.717, 1.165) is 53.0 Å². The van der Waals surface area contributed by atoms with Crippen molar-refractivity contribution in [3.05, 3.63) is 63.8 Å². The number of thiophene rings is 1. The molecule has 1 aliphatic carbocycles. The van der Waals surface area contributed by atoms with Crippen molar-refractivity contribution < 1.29 is 19.1 Å². The van der Waals surface area contributed by atoms with Crippen molar-refractivity contribution in [2.45, 2.75) is 84.2 Å². The summed E-state index contributed by atoms with van der Waals surface area (Å²) in [4.78, 5) is 27.1. The third-order valence-corrected chi connectivity index (χ3v) is 8.76. The minimum Gasteiger partial charge on any atom is -0.482 e. The molecule has 2 heterocycles. The highest BCUT2D eigenvalue weighted by Gasteiger charge is 2.28. The van der Waals surface area contributed by atoms with E-state index in [9.17, 15) is 9.59 Å². The number of carbonyl (C=O) groups is 2. The van der Waals surface area contributed by atoms with Gasteiger partial charge in [0.15, 0.2) is 17.1 Å².